The van der Waals surface area contributed by atoms with Gasteiger partial charge in [0.15, 0.2) is 5.71 Å². The van der Waals surface area contributed by atoms with Crippen molar-refractivity contribution in [3.05, 3.63) is 21.4 Å². The van der Waals surface area contributed by atoms with Crippen LogP contribution in [-0.4, -0.2) is 22.0 Å². The van der Waals surface area contributed by atoms with Gasteiger partial charge in [0.05, 0.1) is 0 Å². The van der Waals surface area contributed by atoms with Crippen molar-refractivity contribution in [1.82, 2.24) is 0 Å². The standard InChI is InChI=1S/C13H17NO3S/c1-7(2)8-3-9-4-10(18-12(9)5-8)6-11(14-17)13(15)16/h4,7-8,17H,3,5-6H2,1-2H3,(H,15,16). The quantitative estimate of drug-likeness (QED) is 0.500. The van der Waals surface area contributed by atoms with Crippen LogP contribution >= 0.6 is 11.3 Å². The van der Waals surface area contributed by atoms with E-state index in [-0.39, 0.29) is 12.1 Å². The number of nitrogens with zero attached hydrogens (tertiary/aromatic N) is 1. The Bertz CT molecular complexity index is 467. The molecule has 0 fully saturated rings. The van der Waals surface area contributed by atoms with Crippen LogP contribution in [0.25, 0.3) is 0 Å². The highest BCUT2D eigenvalue weighted by Crippen LogP contribution is 2.37. The van der Waals surface area contributed by atoms with E-state index in [2.05, 4.69) is 25.1 Å². The fourth-order valence-corrected chi connectivity index (χ4v) is 3.64. The third-order valence-electron chi connectivity index (χ3n) is 3.53. The minimum atomic E-state index is -1.16. The minimum Gasteiger partial charge on any atom is -0.477 e. The van der Waals surface area contributed by atoms with Crippen LogP contribution in [0.5, 0.6) is 0 Å². The van der Waals surface area contributed by atoms with E-state index in [9.17, 15) is 4.79 Å². The minimum absolute atomic E-state index is 0.199. The summed E-state index contributed by atoms with van der Waals surface area (Å²) in [5, 5.41) is 20.3. The van der Waals surface area contributed by atoms with Crippen LogP contribution in [0, 0.1) is 11.8 Å². The van der Waals surface area contributed by atoms with Crippen molar-refractivity contribution < 1.29 is 15.1 Å². The molecule has 1 atom stereocenters. The van der Waals surface area contributed by atoms with Gasteiger partial charge >= 0.3 is 5.97 Å². The molecule has 2 rings (SSSR count). The highest BCUT2D eigenvalue weighted by Gasteiger charge is 2.26. The third kappa shape index (κ3) is 2.56. The maximum Gasteiger partial charge on any atom is 0.354 e. The van der Waals surface area contributed by atoms with Crippen molar-refractivity contribution in [3.63, 3.8) is 0 Å². The Labute approximate surface area is 110 Å². The average molecular weight is 267 g/mol. The molecule has 1 aliphatic rings. The van der Waals surface area contributed by atoms with Crippen molar-refractivity contribution in [1.29, 1.82) is 0 Å². The van der Waals surface area contributed by atoms with Crippen molar-refractivity contribution in [2.45, 2.75) is 33.1 Å². The average Bonchev–Trinajstić information content (AvgIpc) is 2.82. The molecule has 1 aromatic heterocycles. The number of fused-ring (bicyclic) bond motifs is 1. The molecular weight excluding hydrogens is 250 g/mol. The summed E-state index contributed by atoms with van der Waals surface area (Å²) in [5.41, 5.74) is 1.15. The van der Waals surface area contributed by atoms with Gasteiger partial charge in [-0.05, 0) is 36.3 Å². The maximum atomic E-state index is 10.8. The molecular formula is C13H17NO3S. The van der Waals surface area contributed by atoms with Gasteiger partial charge in [0.1, 0.15) is 0 Å². The number of carboxylic acid groups (broad SMARTS) is 1. The molecule has 1 aliphatic carbocycles. The number of thiophene rings is 1. The first-order valence-electron chi connectivity index (χ1n) is 6.06. The monoisotopic (exact) mass is 267 g/mol. The predicted octanol–water partition coefficient (Wildman–Crippen LogP) is 2.58. The molecule has 0 spiro atoms. The summed E-state index contributed by atoms with van der Waals surface area (Å²) in [6, 6.07) is 2.07. The van der Waals surface area contributed by atoms with Gasteiger partial charge in [-0.2, -0.15) is 0 Å². The maximum absolute atomic E-state index is 10.8. The van der Waals surface area contributed by atoms with E-state index in [4.69, 9.17) is 10.3 Å². The van der Waals surface area contributed by atoms with E-state index in [1.807, 2.05) is 0 Å². The number of oxime groups is 1. The lowest BCUT2D eigenvalue weighted by Crippen LogP contribution is -2.15. The molecule has 98 valence electrons. The summed E-state index contributed by atoms with van der Waals surface area (Å²) in [4.78, 5) is 13.1. The molecule has 18 heavy (non-hydrogen) atoms. The summed E-state index contributed by atoms with van der Waals surface area (Å²) in [5.74, 6) is 0.235. The second-order valence-corrected chi connectivity index (χ2v) is 6.32. The highest BCUT2D eigenvalue weighted by molar-refractivity contribution is 7.12. The largest absolute Gasteiger partial charge is 0.477 e. The van der Waals surface area contributed by atoms with Crippen LogP contribution < -0.4 is 0 Å². The Hall–Kier alpha value is -1.36. The van der Waals surface area contributed by atoms with Crippen LogP contribution in [0.1, 0.15) is 29.2 Å². The molecule has 5 heteroatoms. The summed E-state index contributed by atoms with van der Waals surface area (Å²) in [6.07, 6.45) is 2.38. The van der Waals surface area contributed by atoms with Crippen LogP contribution in [0.2, 0.25) is 0 Å². The van der Waals surface area contributed by atoms with Gasteiger partial charge < -0.3 is 10.3 Å². The normalized spacial score (nSPS) is 19.3. The van der Waals surface area contributed by atoms with E-state index < -0.39 is 5.97 Å². The van der Waals surface area contributed by atoms with Gasteiger partial charge in [0, 0.05) is 16.2 Å². The van der Waals surface area contributed by atoms with E-state index in [1.165, 1.54) is 10.4 Å². The SMILES string of the molecule is CC(C)C1Cc2cc(CC(=NO)C(=O)O)sc2C1. The number of carbonyl (C=O) groups is 1. The Balaban J connectivity index is 2.08. The number of carboxylic acids is 1. The molecule has 0 amide bonds. The van der Waals surface area contributed by atoms with E-state index >= 15 is 0 Å². The molecule has 0 bridgehead atoms. The molecule has 4 nitrogen and oxygen atoms in total. The highest BCUT2D eigenvalue weighted by atomic mass is 32.1. The van der Waals surface area contributed by atoms with Crippen molar-refractivity contribution in [3.8, 4) is 0 Å². The van der Waals surface area contributed by atoms with Gasteiger partial charge in [-0.25, -0.2) is 4.79 Å². The second-order valence-electron chi connectivity index (χ2n) is 5.10. The van der Waals surface area contributed by atoms with Crippen LogP contribution in [0.3, 0.4) is 0 Å². The molecule has 0 saturated carbocycles. The lowest BCUT2D eigenvalue weighted by Gasteiger charge is -2.12. The molecule has 0 saturated heterocycles. The molecule has 1 heterocycles. The Morgan fingerprint density at radius 3 is 2.78 bits per heavy atom. The van der Waals surface area contributed by atoms with Gasteiger partial charge in [-0.15, -0.1) is 11.3 Å². The molecule has 0 aliphatic heterocycles. The number of hydrogen-bond donors (Lipinski definition) is 2. The van der Waals surface area contributed by atoms with Crippen molar-refractivity contribution in [2.75, 3.05) is 0 Å². The van der Waals surface area contributed by atoms with Crippen LogP contribution in [0.15, 0.2) is 11.2 Å². The molecule has 0 aromatic carbocycles. The fraction of sp³-hybridized carbons (Fsp3) is 0.538. The fourth-order valence-electron chi connectivity index (χ4n) is 2.34. The molecule has 2 N–H and O–H groups in total. The Kier molecular flexibility index (Phi) is 3.71. The van der Waals surface area contributed by atoms with Crippen molar-refractivity contribution in [2.24, 2.45) is 17.0 Å². The first-order valence-corrected chi connectivity index (χ1v) is 6.87. The molecule has 0 radical (unpaired) electrons. The lowest BCUT2D eigenvalue weighted by atomic mass is 9.93. The lowest BCUT2D eigenvalue weighted by molar-refractivity contribution is -0.129. The zero-order valence-electron chi connectivity index (χ0n) is 10.5. The van der Waals surface area contributed by atoms with Gasteiger partial charge in [-0.1, -0.05) is 19.0 Å². The topological polar surface area (TPSA) is 69.9 Å². The number of aliphatic carboxylic acids is 1. The summed E-state index contributed by atoms with van der Waals surface area (Å²) in [6.45, 7) is 4.48. The number of hydrogen-bond acceptors (Lipinski definition) is 4. The van der Waals surface area contributed by atoms with Crippen molar-refractivity contribution >= 4 is 23.0 Å². The van der Waals surface area contributed by atoms with Gasteiger partial charge in [-0.3, -0.25) is 0 Å². The van der Waals surface area contributed by atoms with E-state index in [0.717, 1.165) is 17.7 Å². The predicted molar refractivity (Wildman–Crippen MR) is 70.6 cm³/mol. The summed E-state index contributed by atoms with van der Waals surface area (Å²) < 4.78 is 0. The zero-order valence-corrected chi connectivity index (χ0v) is 11.3. The first kappa shape index (κ1) is 13.1. The van der Waals surface area contributed by atoms with Crippen LogP contribution in [0.4, 0.5) is 0 Å². The first-order chi connectivity index (χ1) is 8.51. The Morgan fingerprint density at radius 1 is 1.56 bits per heavy atom. The van der Waals surface area contributed by atoms with Gasteiger partial charge in [0.2, 0.25) is 0 Å². The third-order valence-corrected chi connectivity index (χ3v) is 4.73. The van der Waals surface area contributed by atoms with Gasteiger partial charge in [0.25, 0.3) is 0 Å². The number of rotatable bonds is 4. The Morgan fingerprint density at radius 2 is 2.28 bits per heavy atom. The summed E-state index contributed by atoms with van der Waals surface area (Å²) >= 11 is 1.65. The van der Waals surface area contributed by atoms with E-state index in [1.54, 1.807) is 11.3 Å². The smallest absolute Gasteiger partial charge is 0.354 e. The summed E-state index contributed by atoms with van der Waals surface area (Å²) in [7, 11) is 0. The van der Waals surface area contributed by atoms with Crippen LogP contribution in [-0.2, 0) is 24.1 Å². The van der Waals surface area contributed by atoms with E-state index in [0.29, 0.717) is 11.8 Å². The second kappa shape index (κ2) is 5.10. The molecule has 1 aromatic rings. The zero-order chi connectivity index (χ0) is 13.3. The molecule has 1 unspecified atom stereocenters.